The third-order valence-electron chi connectivity index (χ3n) is 4.60. The zero-order valence-corrected chi connectivity index (χ0v) is 13.2. The molecule has 0 N–H and O–H groups in total. The summed E-state index contributed by atoms with van der Waals surface area (Å²) in [4.78, 5) is 4.81. The lowest BCUT2D eigenvalue weighted by Gasteiger charge is -2.18. The zero-order valence-electron chi connectivity index (χ0n) is 12.5. The first kappa shape index (κ1) is 13.9. The van der Waals surface area contributed by atoms with Crippen LogP contribution in [0, 0.1) is 12.3 Å². The van der Waals surface area contributed by atoms with Gasteiger partial charge in [0.15, 0.2) is 0 Å². The fraction of sp³-hybridized carbons (Fsp3) is 0.588. The first-order valence-electron chi connectivity index (χ1n) is 7.70. The largest absolute Gasteiger partial charge is 0.327 e. The number of aryl methyl sites for hydroxylation is 2. The van der Waals surface area contributed by atoms with Crippen molar-refractivity contribution in [3.63, 3.8) is 0 Å². The van der Waals surface area contributed by atoms with E-state index in [1.165, 1.54) is 36.8 Å². The highest BCUT2D eigenvalue weighted by atomic mass is 35.5. The Labute approximate surface area is 126 Å². The van der Waals surface area contributed by atoms with E-state index in [4.69, 9.17) is 16.6 Å². The number of hydrogen-bond acceptors (Lipinski definition) is 1. The minimum atomic E-state index is 0.533. The van der Waals surface area contributed by atoms with Gasteiger partial charge in [0.05, 0.1) is 11.0 Å². The Morgan fingerprint density at radius 1 is 1.35 bits per heavy atom. The van der Waals surface area contributed by atoms with Crippen LogP contribution in [0.25, 0.3) is 11.0 Å². The number of benzene rings is 1. The van der Waals surface area contributed by atoms with Crippen LogP contribution in [-0.2, 0) is 13.0 Å². The van der Waals surface area contributed by atoms with E-state index in [0.717, 1.165) is 24.3 Å². The molecule has 2 nitrogen and oxygen atoms in total. The van der Waals surface area contributed by atoms with E-state index in [0.29, 0.717) is 11.3 Å². The Kier molecular flexibility index (Phi) is 3.76. The van der Waals surface area contributed by atoms with E-state index in [1.54, 1.807) is 0 Å². The molecule has 1 aliphatic carbocycles. The second kappa shape index (κ2) is 5.40. The monoisotopic (exact) mass is 290 g/mol. The van der Waals surface area contributed by atoms with Crippen molar-refractivity contribution in [2.75, 3.05) is 5.88 Å². The van der Waals surface area contributed by atoms with Crippen LogP contribution in [0.3, 0.4) is 0 Å². The van der Waals surface area contributed by atoms with Gasteiger partial charge < -0.3 is 4.57 Å². The summed E-state index contributed by atoms with van der Waals surface area (Å²) in [6, 6.07) is 6.40. The minimum absolute atomic E-state index is 0.533. The second-order valence-corrected chi connectivity index (χ2v) is 6.62. The van der Waals surface area contributed by atoms with Crippen molar-refractivity contribution in [3.05, 3.63) is 29.6 Å². The SMILES string of the molecule is CCCC1(Cn2c(CCCl)nc3cccc(C)c32)CC1. The number of alkyl halides is 1. The molecule has 1 aliphatic rings. The summed E-state index contributed by atoms with van der Waals surface area (Å²) in [6.07, 6.45) is 6.20. The Morgan fingerprint density at radius 3 is 2.80 bits per heavy atom. The zero-order chi connectivity index (χ0) is 14.2. The molecule has 0 saturated heterocycles. The molecule has 0 unspecified atom stereocenters. The van der Waals surface area contributed by atoms with Crippen molar-refractivity contribution in [2.24, 2.45) is 5.41 Å². The molecular formula is C17H23ClN2. The van der Waals surface area contributed by atoms with E-state index in [9.17, 15) is 0 Å². The van der Waals surface area contributed by atoms with Crippen molar-refractivity contribution >= 4 is 22.6 Å². The lowest BCUT2D eigenvalue weighted by atomic mass is 10.0. The molecule has 1 fully saturated rings. The maximum absolute atomic E-state index is 5.97. The predicted molar refractivity (Wildman–Crippen MR) is 85.5 cm³/mol. The van der Waals surface area contributed by atoms with Gasteiger partial charge in [0, 0.05) is 18.8 Å². The Bertz CT molecular complexity index is 611. The van der Waals surface area contributed by atoms with Crippen LogP contribution in [0.4, 0.5) is 0 Å². The lowest BCUT2D eigenvalue weighted by molar-refractivity contribution is 0.387. The van der Waals surface area contributed by atoms with Crippen LogP contribution in [0.15, 0.2) is 18.2 Å². The average Bonchev–Trinajstić information content (AvgIpc) is 3.08. The van der Waals surface area contributed by atoms with Crippen LogP contribution < -0.4 is 0 Å². The fourth-order valence-electron chi connectivity index (χ4n) is 3.39. The summed E-state index contributed by atoms with van der Waals surface area (Å²) in [5, 5.41) is 0. The molecule has 0 aliphatic heterocycles. The molecule has 2 aromatic rings. The van der Waals surface area contributed by atoms with Gasteiger partial charge in [0.25, 0.3) is 0 Å². The summed E-state index contributed by atoms with van der Waals surface area (Å²) in [7, 11) is 0. The van der Waals surface area contributed by atoms with E-state index >= 15 is 0 Å². The molecule has 0 amide bonds. The summed E-state index contributed by atoms with van der Waals surface area (Å²) >= 11 is 5.97. The van der Waals surface area contributed by atoms with E-state index in [2.05, 4.69) is 36.6 Å². The molecular weight excluding hydrogens is 268 g/mol. The van der Waals surface area contributed by atoms with Crippen molar-refractivity contribution in [1.29, 1.82) is 0 Å². The molecule has 1 saturated carbocycles. The quantitative estimate of drug-likeness (QED) is 0.705. The molecule has 0 spiro atoms. The molecule has 0 bridgehead atoms. The summed E-state index contributed by atoms with van der Waals surface area (Å²) < 4.78 is 2.45. The maximum atomic E-state index is 5.97. The summed E-state index contributed by atoms with van der Waals surface area (Å²) in [6.45, 7) is 5.59. The Balaban J connectivity index is 2.04. The summed E-state index contributed by atoms with van der Waals surface area (Å²) in [5.74, 6) is 1.80. The molecule has 1 aromatic carbocycles. The van der Waals surface area contributed by atoms with Gasteiger partial charge in [-0.2, -0.15) is 0 Å². The average molecular weight is 291 g/mol. The minimum Gasteiger partial charge on any atom is -0.327 e. The molecule has 0 radical (unpaired) electrons. The first-order valence-corrected chi connectivity index (χ1v) is 8.23. The van der Waals surface area contributed by atoms with E-state index in [-0.39, 0.29) is 0 Å². The number of para-hydroxylation sites is 1. The predicted octanol–water partition coefficient (Wildman–Crippen LogP) is 4.71. The van der Waals surface area contributed by atoms with Crippen molar-refractivity contribution in [2.45, 2.75) is 52.5 Å². The van der Waals surface area contributed by atoms with Gasteiger partial charge in [0.1, 0.15) is 5.82 Å². The van der Waals surface area contributed by atoms with Crippen LogP contribution in [0.2, 0.25) is 0 Å². The van der Waals surface area contributed by atoms with E-state index < -0.39 is 0 Å². The van der Waals surface area contributed by atoms with Gasteiger partial charge in [-0.3, -0.25) is 0 Å². The Morgan fingerprint density at radius 2 is 2.15 bits per heavy atom. The van der Waals surface area contributed by atoms with Crippen LogP contribution in [-0.4, -0.2) is 15.4 Å². The van der Waals surface area contributed by atoms with Crippen LogP contribution in [0.5, 0.6) is 0 Å². The standard InChI is InChI=1S/C17H23ClN2/c1-3-8-17(9-10-17)12-20-15(7-11-18)19-14-6-4-5-13(2)16(14)20/h4-6H,3,7-12H2,1-2H3. The number of imidazole rings is 1. The number of fused-ring (bicyclic) bond motifs is 1. The molecule has 3 rings (SSSR count). The summed E-state index contributed by atoms with van der Waals surface area (Å²) in [5.41, 5.74) is 4.29. The van der Waals surface area contributed by atoms with Gasteiger partial charge in [-0.05, 0) is 43.2 Å². The number of halogens is 1. The molecule has 0 atom stereocenters. The smallest absolute Gasteiger partial charge is 0.111 e. The highest BCUT2D eigenvalue weighted by Gasteiger charge is 2.42. The number of rotatable bonds is 6. The third kappa shape index (κ3) is 2.46. The van der Waals surface area contributed by atoms with Crippen LogP contribution >= 0.6 is 11.6 Å². The second-order valence-electron chi connectivity index (χ2n) is 6.25. The van der Waals surface area contributed by atoms with Crippen molar-refractivity contribution in [1.82, 2.24) is 9.55 Å². The third-order valence-corrected chi connectivity index (χ3v) is 4.79. The lowest BCUT2D eigenvalue weighted by Crippen LogP contribution is -2.15. The fourth-order valence-corrected chi connectivity index (χ4v) is 3.56. The number of aromatic nitrogens is 2. The maximum Gasteiger partial charge on any atom is 0.111 e. The molecule has 1 heterocycles. The highest BCUT2D eigenvalue weighted by Crippen LogP contribution is 2.51. The van der Waals surface area contributed by atoms with Crippen LogP contribution in [0.1, 0.15) is 44.0 Å². The molecule has 3 heteroatoms. The number of nitrogens with zero attached hydrogens (tertiary/aromatic N) is 2. The molecule has 108 valence electrons. The molecule has 20 heavy (non-hydrogen) atoms. The number of hydrogen-bond donors (Lipinski definition) is 0. The van der Waals surface area contributed by atoms with Gasteiger partial charge in [-0.15, -0.1) is 11.6 Å². The normalized spacial score (nSPS) is 16.8. The van der Waals surface area contributed by atoms with Gasteiger partial charge >= 0.3 is 0 Å². The topological polar surface area (TPSA) is 17.8 Å². The van der Waals surface area contributed by atoms with Crippen molar-refractivity contribution < 1.29 is 0 Å². The highest BCUT2D eigenvalue weighted by molar-refractivity contribution is 6.17. The first-order chi connectivity index (χ1) is 9.69. The molecule has 1 aromatic heterocycles. The van der Waals surface area contributed by atoms with Crippen molar-refractivity contribution in [3.8, 4) is 0 Å². The van der Waals surface area contributed by atoms with Gasteiger partial charge in [0.2, 0.25) is 0 Å². The van der Waals surface area contributed by atoms with E-state index in [1.807, 2.05) is 0 Å². The van der Waals surface area contributed by atoms with Gasteiger partial charge in [-0.1, -0.05) is 25.5 Å². The van der Waals surface area contributed by atoms with Gasteiger partial charge in [-0.25, -0.2) is 4.98 Å². The Hall–Kier alpha value is -1.02.